The topological polar surface area (TPSA) is 21.3 Å². The second-order valence-corrected chi connectivity index (χ2v) is 3.02. The van der Waals surface area contributed by atoms with Crippen molar-refractivity contribution in [3.05, 3.63) is 0 Å². The Morgan fingerprint density at radius 3 is 2.70 bits per heavy atom. The van der Waals surface area contributed by atoms with E-state index in [-0.39, 0.29) is 0 Å². The van der Waals surface area contributed by atoms with E-state index in [1.54, 1.807) is 0 Å². The molecule has 1 aliphatic rings. The SMILES string of the molecule is CCC1COCC1CNC. The van der Waals surface area contributed by atoms with Crippen molar-refractivity contribution < 1.29 is 4.74 Å². The van der Waals surface area contributed by atoms with Crippen molar-refractivity contribution >= 4 is 0 Å². The molecule has 2 atom stereocenters. The van der Waals surface area contributed by atoms with Crippen LogP contribution in [0.5, 0.6) is 0 Å². The molecule has 1 aliphatic heterocycles. The molecule has 0 bridgehead atoms. The zero-order chi connectivity index (χ0) is 7.40. The van der Waals surface area contributed by atoms with Crippen LogP contribution in [0.4, 0.5) is 0 Å². The molecule has 0 amide bonds. The molecule has 60 valence electrons. The van der Waals surface area contributed by atoms with Gasteiger partial charge >= 0.3 is 0 Å². The molecular formula is C8H17NO. The minimum atomic E-state index is 0.759. The number of hydrogen-bond donors (Lipinski definition) is 1. The lowest BCUT2D eigenvalue weighted by Gasteiger charge is -2.13. The molecule has 0 radical (unpaired) electrons. The first-order chi connectivity index (χ1) is 4.88. The molecule has 0 aromatic heterocycles. The van der Waals surface area contributed by atoms with Crippen molar-refractivity contribution in [3.8, 4) is 0 Å². The van der Waals surface area contributed by atoms with Crippen LogP contribution in [0, 0.1) is 11.8 Å². The van der Waals surface area contributed by atoms with E-state index < -0.39 is 0 Å². The predicted molar refractivity (Wildman–Crippen MR) is 42.0 cm³/mol. The summed E-state index contributed by atoms with van der Waals surface area (Å²) in [5.74, 6) is 1.56. The lowest BCUT2D eigenvalue weighted by Crippen LogP contribution is -2.24. The summed E-state index contributed by atoms with van der Waals surface area (Å²) >= 11 is 0. The van der Waals surface area contributed by atoms with E-state index in [1.807, 2.05) is 7.05 Å². The average Bonchev–Trinajstić information content (AvgIpc) is 2.36. The molecule has 2 nitrogen and oxygen atoms in total. The Kier molecular flexibility index (Phi) is 3.16. The molecule has 1 fully saturated rings. The van der Waals surface area contributed by atoms with Crippen molar-refractivity contribution in [3.63, 3.8) is 0 Å². The first kappa shape index (κ1) is 8.02. The fourth-order valence-electron chi connectivity index (χ4n) is 1.58. The maximum atomic E-state index is 5.37. The summed E-state index contributed by atoms with van der Waals surface area (Å²) in [6, 6.07) is 0. The predicted octanol–water partition coefficient (Wildman–Crippen LogP) is 0.878. The van der Waals surface area contributed by atoms with Crippen LogP contribution in [-0.4, -0.2) is 26.8 Å². The fourth-order valence-corrected chi connectivity index (χ4v) is 1.58. The highest BCUT2D eigenvalue weighted by molar-refractivity contribution is 4.75. The summed E-state index contributed by atoms with van der Waals surface area (Å²) in [6.07, 6.45) is 1.26. The van der Waals surface area contributed by atoms with Gasteiger partial charge in [-0.3, -0.25) is 0 Å². The van der Waals surface area contributed by atoms with Crippen molar-refractivity contribution in [2.75, 3.05) is 26.8 Å². The van der Waals surface area contributed by atoms with E-state index in [0.717, 1.165) is 31.6 Å². The van der Waals surface area contributed by atoms with Gasteiger partial charge in [-0.15, -0.1) is 0 Å². The second-order valence-electron chi connectivity index (χ2n) is 3.02. The van der Waals surface area contributed by atoms with Gasteiger partial charge in [-0.2, -0.15) is 0 Å². The highest BCUT2D eigenvalue weighted by Crippen LogP contribution is 2.22. The van der Waals surface area contributed by atoms with Gasteiger partial charge in [0, 0.05) is 13.2 Å². The van der Waals surface area contributed by atoms with E-state index in [4.69, 9.17) is 4.74 Å². The molecule has 0 aromatic rings. The third kappa shape index (κ3) is 1.70. The van der Waals surface area contributed by atoms with Crippen LogP contribution < -0.4 is 5.32 Å². The molecule has 0 aliphatic carbocycles. The van der Waals surface area contributed by atoms with Crippen LogP contribution in [0.25, 0.3) is 0 Å². The molecule has 1 N–H and O–H groups in total. The third-order valence-electron chi connectivity index (χ3n) is 2.32. The third-order valence-corrected chi connectivity index (χ3v) is 2.32. The van der Waals surface area contributed by atoms with E-state index in [2.05, 4.69) is 12.2 Å². The largest absolute Gasteiger partial charge is 0.381 e. The number of ether oxygens (including phenoxy) is 1. The molecular weight excluding hydrogens is 126 g/mol. The lowest BCUT2D eigenvalue weighted by molar-refractivity contribution is 0.180. The first-order valence-electron chi connectivity index (χ1n) is 4.10. The Morgan fingerprint density at radius 2 is 2.10 bits per heavy atom. The van der Waals surface area contributed by atoms with Crippen LogP contribution in [0.15, 0.2) is 0 Å². The van der Waals surface area contributed by atoms with Gasteiger partial charge in [0.25, 0.3) is 0 Å². The Morgan fingerprint density at radius 1 is 1.40 bits per heavy atom. The molecule has 1 saturated heterocycles. The highest BCUT2D eigenvalue weighted by Gasteiger charge is 2.25. The van der Waals surface area contributed by atoms with Gasteiger partial charge in [0.1, 0.15) is 0 Å². The Bertz CT molecular complexity index is 95.3. The van der Waals surface area contributed by atoms with Crippen molar-refractivity contribution in [1.29, 1.82) is 0 Å². The van der Waals surface area contributed by atoms with Crippen LogP contribution in [0.3, 0.4) is 0 Å². The van der Waals surface area contributed by atoms with E-state index in [9.17, 15) is 0 Å². The quantitative estimate of drug-likeness (QED) is 0.633. The maximum Gasteiger partial charge on any atom is 0.0510 e. The van der Waals surface area contributed by atoms with Gasteiger partial charge in [-0.1, -0.05) is 13.3 Å². The number of nitrogens with one attached hydrogen (secondary N) is 1. The average molecular weight is 143 g/mol. The zero-order valence-corrected chi connectivity index (χ0v) is 6.89. The summed E-state index contributed by atoms with van der Waals surface area (Å²) in [5, 5.41) is 3.19. The van der Waals surface area contributed by atoms with E-state index in [1.165, 1.54) is 6.42 Å². The summed E-state index contributed by atoms with van der Waals surface area (Å²) in [6.45, 7) is 5.28. The number of hydrogen-bond acceptors (Lipinski definition) is 2. The van der Waals surface area contributed by atoms with Crippen LogP contribution in [-0.2, 0) is 4.74 Å². The zero-order valence-electron chi connectivity index (χ0n) is 6.89. The smallest absolute Gasteiger partial charge is 0.0510 e. The molecule has 1 rings (SSSR count). The standard InChI is InChI=1S/C8H17NO/c1-3-7-5-10-6-8(7)4-9-2/h7-9H,3-6H2,1-2H3. The minimum absolute atomic E-state index is 0.759. The van der Waals surface area contributed by atoms with Crippen LogP contribution in [0.1, 0.15) is 13.3 Å². The van der Waals surface area contributed by atoms with Crippen molar-refractivity contribution in [2.24, 2.45) is 11.8 Å². The van der Waals surface area contributed by atoms with Gasteiger partial charge in [0.15, 0.2) is 0 Å². The Labute approximate surface area is 63.0 Å². The van der Waals surface area contributed by atoms with Gasteiger partial charge < -0.3 is 10.1 Å². The van der Waals surface area contributed by atoms with Gasteiger partial charge in [-0.25, -0.2) is 0 Å². The summed E-state index contributed by atoms with van der Waals surface area (Å²) in [5.41, 5.74) is 0. The number of rotatable bonds is 3. The molecule has 0 spiro atoms. The minimum Gasteiger partial charge on any atom is -0.381 e. The van der Waals surface area contributed by atoms with Gasteiger partial charge in [-0.05, 0) is 18.9 Å². The summed E-state index contributed by atoms with van der Waals surface area (Å²) in [7, 11) is 2.00. The molecule has 2 heteroatoms. The highest BCUT2D eigenvalue weighted by atomic mass is 16.5. The molecule has 10 heavy (non-hydrogen) atoms. The van der Waals surface area contributed by atoms with Crippen molar-refractivity contribution in [2.45, 2.75) is 13.3 Å². The fraction of sp³-hybridized carbons (Fsp3) is 1.00. The summed E-state index contributed by atoms with van der Waals surface area (Å²) < 4.78 is 5.37. The Balaban J connectivity index is 2.27. The lowest BCUT2D eigenvalue weighted by atomic mass is 9.94. The molecule has 2 unspecified atom stereocenters. The van der Waals surface area contributed by atoms with Gasteiger partial charge in [0.2, 0.25) is 0 Å². The first-order valence-corrected chi connectivity index (χ1v) is 4.10. The molecule has 0 aromatic carbocycles. The monoisotopic (exact) mass is 143 g/mol. The molecule has 1 heterocycles. The molecule has 0 saturated carbocycles. The van der Waals surface area contributed by atoms with E-state index >= 15 is 0 Å². The Hall–Kier alpha value is -0.0800. The van der Waals surface area contributed by atoms with Gasteiger partial charge in [0.05, 0.1) is 6.61 Å². The van der Waals surface area contributed by atoms with Crippen LogP contribution in [0.2, 0.25) is 0 Å². The second kappa shape index (κ2) is 3.94. The summed E-state index contributed by atoms with van der Waals surface area (Å²) in [4.78, 5) is 0. The normalized spacial score (nSPS) is 33.0. The maximum absolute atomic E-state index is 5.37. The van der Waals surface area contributed by atoms with Crippen LogP contribution >= 0.6 is 0 Å². The van der Waals surface area contributed by atoms with Crippen molar-refractivity contribution in [1.82, 2.24) is 5.32 Å². The van der Waals surface area contributed by atoms with E-state index in [0.29, 0.717) is 0 Å².